The summed E-state index contributed by atoms with van der Waals surface area (Å²) in [5.74, 6) is -0.756. The first kappa shape index (κ1) is 13.6. The van der Waals surface area contributed by atoms with Gasteiger partial charge in [-0.25, -0.2) is 0 Å². The summed E-state index contributed by atoms with van der Waals surface area (Å²) in [6, 6.07) is 5.69. The van der Waals surface area contributed by atoms with Gasteiger partial charge in [0.2, 0.25) is 5.91 Å². The molecular weight excluding hydrogens is 237 g/mol. The van der Waals surface area contributed by atoms with Crippen LogP contribution in [0.15, 0.2) is 31.0 Å². The maximum atomic E-state index is 12.4. The number of hydrogen-bond acceptors (Lipinski definition) is 2. The summed E-state index contributed by atoms with van der Waals surface area (Å²) < 4.78 is 0. The number of ketones is 1. The number of hydrogen-bond donors (Lipinski definition) is 0. The van der Waals surface area contributed by atoms with Gasteiger partial charge >= 0.3 is 0 Å². The molecule has 1 aliphatic heterocycles. The Morgan fingerprint density at radius 2 is 2.26 bits per heavy atom. The van der Waals surface area contributed by atoms with Crippen LogP contribution in [0.3, 0.4) is 0 Å². The largest absolute Gasteiger partial charge is 0.319 e. The molecule has 1 aromatic rings. The Kier molecular flexibility index (Phi) is 3.88. The van der Waals surface area contributed by atoms with Crippen molar-refractivity contribution in [3.63, 3.8) is 0 Å². The average molecular weight is 254 g/mol. The van der Waals surface area contributed by atoms with Crippen molar-refractivity contribution in [1.29, 1.82) is 0 Å². The molecule has 0 aromatic heterocycles. The Balaban J connectivity index is 2.25. The summed E-state index contributed by atoms with van der Waals surface area (Å²) in [4.78, 5) is 26.0. The molecule has 0 saturated carbocycles. The van der Waals surface area contributed by atoms with E-state index >= 15 is 0 Å². The molecule has 3 nitrogen and oxygen atoms in total. The molecule has 0 N–H and O–H groups in total. The van der Waals surface area contributed by atoms with Crippen molar-refractivity contribution >= 4 is 24.4 Å². The van der Waals surface area contributed by atoms with E-state index in [1.807, 2.05) is 39.2 Å². The van der Waals surface area contributed by atoms with Gasteiger partial charge < -0.3 is 4.90 Å². The van der Waals surface area contributed by atoms with Crippen molar-refractivity contribution in [2.75, 3.05) is 6.54 Å². The minimum atomic E-state index is -0.548. The fourth-order valence-electron chi connectivity index (χ4n) is 2.46. The van der Waals surface area contributed by atoms with Crippen molar-refractivity contribution in [2.24, 2.45) is 5.92 Å². The molecule has 0 spiro atoms. The molecule has 1 heterocycles. The first-order valence-electron chi connectivity index (χ1n) is 6.45. The van der Waals surface area contributed by atoms with Crippen LogP contribution in [0.2, 0.25) is 6.82 Å². The Hall–Kier alpha value is -1.84. The number of likely N-dealkylation sites (tertiary alicyclic amines) is 1. The number of rotatable bonds is 4. The van der Waals surface area contributed by atoms with E-state index in [2.05, 4.69) is 6.58 Å². The maximum Gasteiger partial charge on any atom is 0.237 e. The molecule has 1 radical (unpaired) electrons. The van der Waals surface area contributed by atoms with E-state index in [1.54, 1.807) is 0 Å². The van der Waals surface area contributed by atoms with Crippen LogP contribution in [-0.4, -0.2) is 30.4 Å². The number of nitrogens with zero attached hydrogens (tertiary/aromatic N) is 1. The molecule has 0 aliphatic carbocycles. The lowest BCUT2D eigenvalue weighted by atomic mass is 9.72. The Labute approximate surface area is 114 Å². The highest BCUT2D eigenvalue weighted by Crippen LogP contribution is 2.23. The lowest BCUT2D eigenvalue weighted by molar-refractivity contribution is -0.127. The van der Waals surface area contributed by atoms with Crippen LogP contribution < -0.4 is 5.46 Å². The van der Waals surface area contributed by atoms with Crippen LogP contribution in [-0.2, 0) is 4.79 Å². The summed E-state index contributed by atoms with van der Waals surface area (Å²) in [6.07, 6.45) is 2.07. The molecule has 1 fully saturated rings. The van der Waals surface area contributed by atoms with Crippen molar-refractivity contribution in [2.45, 2.75) is 20.2 Å². The quantitative estimate of drug-likeness (QED) is 0.464. The number of aryl methyl sites for hydroxylation is 1. The summed E-state index contributed by atoms with van der Waals surface area (Å²) >= 11 is 0. The second kappa shape index (κ2) is 5.43. The summed E-state index contributed by atoms with van der Waals surface area (Å²) in [7, 11) is 1.99. The van der Waals surface area contributed by atoms with Crippen LogP contribution >= 0.6 is 0 Å². The van der Waals surface area contributed by atoms with Crippen LogP contribution in [0.4, 0.5) is 0 Å². The molecule has 1 amide bonds. The molecule has 1 unspecified atom stereocenters. The first-order chi connectivity index (χ1) is 9.08. The molecule has 1 aromatic carbocycles. The Bertz CT molecular complexity index is 539. The highest BCUT2D eigenvalue weighted by molar-refractivity contribution is 6.52. The van der Waals surface area contributed by atoms with Crippen molar-refractivity contribution in [3.8, 4) is 0 Å². The first-order valence-corrected chi connectivity index (χ1v) is 6.45. The molecule has 1 saturated heterocycles. The predicted molar refractivity (Wildman–Crippen MR) is 76.8 cm³/mol. The number of carbonyl (C=O) groups excluding carboxylic acids is 2. The van der Waals surface area contributed by atoms with E-state index in [0.29, 0.717) is 18.5 Å². The predicted octanol–water partition coefficient (Wildman–Crippen LogP) is 1.55. The lowest BCUT2D eigenvalue weighted by Gasteiger charge is -2.12. The molecule has 4 heteroatoms. The fourth-order valence-corrected chi connectivity index (χ4v) is 2.46. The highest BCUT2D eigenvalue weighted by atomic mass is 16.2. The molecule has 1 atom stereocenters. The summed E-state index contributed by atoms with van der Waals surface area (Å²) in [5.41, 5.74) is 2.65. The molecule has 1 aliphatic rings. The fraction of sp³-hybridized carbons (Fsp3) is 0.333. The second-order valence-electron chi connectivity index (χ2n) is 4.78. The monoisotopic (exact) mass is 254 g/mol. The number of carbonyl (C=O) groups is 2. The second-order valence-corrected chi connectivity index (χ2v) is 4.78. The van der Waals surface area contributed by atoms with Gasteiger partial charge in [0.05, 0.1) is 0 Å². The van der Waals surface area contributed by atoms with Gasteiger partial charge in [-0.2, -0.15) is 0 Å². The van der Waals surface area contributed by atoms with Gasteiger partial charge in [-0.05, 0) is 25.1 Å². The lowest BCUT2D eigenvalue weighted by Crippen LogP contribution is -2.27. The zero-order chi connectivity index (χ0) is 14.0. The van der Waals surface area contributed by atoms with Crippen LogP contribution in [0.25, 0.3) is 0 Å². The number of amides is 1. The number of benzene rings is 1. The van der Waals surface area contributed by atoms with E-state index in [0.717, 1.165) is 11.0 Å². The minimum absolute atomic E-state index is 0.0745. The van der Waals surface area contributed by atoms with E-state index in [9.17, 15) is 9.59 Å². The molecular formula is C15H17BNO2. The third-order valence-corrected chi connectivity index (χ3v) is 3.63. The van der Waals surface area contributed by atoms with Gasteiger partial charge in [0, 0.05) is 12.1 Å². The molecule has 0 bridgehead atoms. The number of Topliss-reactive ketones (excluding diaryl/α,β-unsaturated/α-hetero) is 1. The summed E-state index contributed by atoms with van der Waals surface area (Å²) in [6.45, 7) is 8.04. The minimum Gasteiger partial charge on any atom is -0.319 e. The smallest absolute Gasteiger partial charge is 0.237 e. The molecule has 97 valence electrons. The van der Waals surface area contributed by atoms with Gasteiger partial charge in [-0.3, -0.25) is 9.59 Å². The van der Waals surface area contributed by atoms with Gasteiger partial charge in [-0.1, -0.05) is 37.1 Å². The summed E-state index contributed by atoms with van der Waals surface area (Å²) in [5, 5.41) is 0. The van der Waals surface area contributed by atoms with Gasteiger partial charge in [0.1, 0.15) is 13.2 Å². The van der Waals surface area contributed by atoms with Crippen molar-refractivity contribution in [3.05, 3.63) is 42.1 Å². The van der Waals surface area contributed by atoms with E-state index in [1.165, 1.54) is 11.1 Å². The van der Waals surface area contributed by atoms with E-state index in [4.69, 9.17) is 0 Å². The normalized spacial score (nSPS) is 18.5. The van der Waals surface area contributed by atoms with Crippen LogP contribution in [0, 0.1) is 12.8 Å². The van der Waals surface area contributed by atoms with Gasteiger partial charge in [-0.15, -0.1) is 0 Å². The average Bonchev–Trinajstić information content (AvgIpc) is 2.78. The Morgan fingerprint density at radius 3 is 2.79 bits per heavy atom. The maximum absolute atomic E-state index is 12.4. The zero-order valence-electron chi connectivity index (χ0n) is 11.3. The van der Waals surface area contributed by atoms with E-state index in [-0.39, 0.29) is 11.7 Å². The van der Waals surface area contributed by atoms with Crippen LogP contribution in [0.5, 0.6) is 0 Å². The third kappa shape index (κ3) is 2.48. The van der Waals surface area contributed by atoms with Crippen LogP contribution in [0.1, 0.15) is 22.3 Å². The topological polar surface area (TPSA) is 37.4 Å². The van der Waals surface area contributed by atoms with Crippen molar-refractivity contribution in [1.82, 2.24) is 4.90 Å². The highest BCUT2D eigenvalue weighted by Gasteiger charge is 2.36. The third-order valence-electron chi connectivity index (χ3n) is 3.63. The SMILES string of the molecule is C=CN1CCC(C(=O)c2ccc([B]C)cc2C)C1=O. The molecule has 2 rings (SSSR count). The van der Waals surface area contributed by atoms with E-state index < -0.39 is 5.92 Å². The molecule has 19 heavy (non-hydrogen) atoms. The standard InChI is InChI=1S/C15H17BNO2/c1-4-17-8-7-13(15(17)19)14(18)12-6-5-11(16-3)9-10(12)2/h4-6,9,13H,1,7-8H2,2-3H3. The van der Waals surface area contributed by atoms with Crippen molar-refractivity contribution < 1.29 is 9.59 Å². The van der Waals surface area contributed by atoms with Gasteiger partial charge in [0.15, 0.2) is 5.78 Å². The zero-order valence-corrected chi connectivity index (χ0v) is 11.3. The Morgan fingerprint density at radius 1 is 1.53 bits per heavy atom. The van der Waals surface area contributed by atoms with Gasteiger partial charge in [0.25, 0.3) is 0 Å².